The Kier molecular flexibility index (Phi) is 9.64. The Morgan fingerprint density at radius 1 is 0.901 bits per heavy atom. The minimum Gasteiger partial charge on any atom is -0.381 e. The number of halogens is 2. The second kappa shape index (κ2) is 15.5. The zero-order valence-electron chi connectivity index (χ0n) is 40.2. The monoisotopic (exact) mass is 964 g/mol. The quantitative estimate of drug-likeness (QED) is 0.159. The van der Waals surface area contributed by atoms with Gasteiger partial charge in [-0.1, -0.05) is 12.1 Å². The van der Waals surface area contributed by atoms with Crippen LogP contribution in [-0.4, -0.2) is 86.0 Å². The van der Waals surface area contributed by atoms with E-state index in [1.54, 1.807) is 40.8 Å². The predicted molar refractivity (Wildman–Crippen MR) is 257 cm³/mol. The second-order valence-corrected chi connectivity index (χ2v) is 21.4. The van der Waals surface area contributed by atoms with Crippen molar-refractivity contribution in [3.63, 3.8) is 0 Å². The summed E-state index contributed by atoms with van der Waals surface area (Å²) < 4.78 is 57.3. The summed E-state index contributed by atoms with van der Waals surface area (Å²) in [5.41, 5.74) is 3.91. The molecule has 2 aromatic carbocycles. The molecule has 2 saturated heterocycles. The molecule has 1 amide bonds. The minimum absolute atomic E-state index is 0.00299. The lowest BCUT2D eigenvalue weighted by Gasteiger charge is -2.47. The molecule has 18 heteroatoms. The van der Waals surface area contributed by atoms with Crippen molar-refractivity contribution in [2.75, 3.05) is 26.4 Å². The van der Waals surface area contributed by atoms with E-state index in [0.717, 1.165) is 42.5 Å². The van der Waals surface area contributed by atoms with Gasteiger partial charge in [-0.3, -0.25) is 28.1 Å². The van der Waals surface area contributed by atoms with E-state index in [0.29, 0.717) is 90.9 Å². The average Bonchev–Trinajstić information content (AvgIpc) is 3.91. The van der Waals surface area contributed by atoms with Crippen molar-refractivity contribution >= 4 is 22.3 Å². The third-order valence-corrected chi connectivity index (χ3v) is 16.6. The highest BCUT2D eigenvalue weighted by Crippen LogP contribution is 2.59. The minimum atomic E-state index is -0.839. The Labute approximate surface area is 405 Å². The zero-order valence-corrected chi connectivity index (χ0v) is 40.2. The molecule has 3 aliphatic heterocycles. The number of amides is 1. The van der Waals surface area contributed by atoms with Crippen molar-refractivity contribution in [1.82, 2.24) is 48.1 Å². The largest absolute Gasteiger partial charge is 0.438 e. The van der Waals surface area contributed by atoms with Gasteiger partial charge in [0.1, 0.15) is 11.6 Å². The van der Waals surface area contributed by atoms with E-state index < -0.39 is 34.1 Å². The molecule has 2 aliphatic carbocycles. The number of H-pyrrole nitrogens is 1. The summed E-state index contributed by atoms with van der Waals surface area (Å²) in [6.45, 7) is 10.1. The Morgan fingerprint density at radius 3 is 2.42 bits per heavy atom. The number of hydrogen-bond donors (Lipinski definition) is 1. The highest BCUT2D eigenvalue weighted by Gasteiger charge is 2.60. The van der Waals surface area contributed by atoms with Gasteiger partial charge in [0, 0.05) is 74.2 Å². The number of fused-ring (bicyclic) bond motifs is 4. The van der Waals surface area contributed by atoms with Gasteiger partial charge in [0.15, 0.2) is 11.6 Å². The maximum atomic E-state index is 16.4. The van der Waals surface area contributed by atoms with Crippen LogP contribution in [0.25, 0.3) is 33.6 Å². The first-order valence-corrected chi connectivity index (χ1v) is 24.8. The maximum absolute atomic E-state index is 16.4. The molecule has 366 valence electrons. The molecule has 71 heavy (non-hydrogen) atoms. The van der Waals surface area contributed by atoms with Crippen LogP contribution >= 0.6 is 0 Å². The summed E-state index contributed by atoms with van der Waals surface area (Å²) in [5, 5.41) is 14.2. The molecule has 4 atom stereocenters. The smallest absolute Gasteiger partial charge is 0.381 e. The number of nitrogens with zero attached hydrogens (tertiary/aromatic N) is 9. The number of hydrogen-bond acceptors (Lipinski definition) is 9. The van der Waals surface area contributed by atoms with E-state index in [9.17, 15) is 4.79 Å². The first kappa shape index (κ1) is 44.1. The number of ether oxygens (including phenoxy) is 2. The second-order valence-electron chi connectivity index (χ2n) is 21.4. The number of aromatic nitrogens is 9. The number of carbonyl (C=O) groups excluding carboxylic acids is 1. The van der Waals surface area contributed by atoms with E-state index >= 15 is 18.4 Å². The van der Waals surface area contributed by atoms with E-state index in [-0.39, 0.29) is 46.2 Å². The Bertz CT molecular complexity index is 3620. The number of aryl methyl sites for hydroxylation is 1. The normalized spacial score (nSPS) is 23.8. The summed E-state index contributed by atoms with van der Waals surface area (Å²) in [4.78, 5) is 48.6. The highest BCUT2D eigenvalue weighted by molar-refractivity contribution is 5.99. The van der Waals surface area contributed by atoms with E-state index in [1.165, 1.54) is 27.6 Å². The van der Waals surface area contributed by atoms with Gasteiger partial charge in [-0.25, -0.2) is 23.1 Å². The Hall–Kier alpha value is -6.92. The number of nitrogens with one attached hydrogen (secondary N) is 1. The van der Waals surface area contributed by atoms with Crippen LogP contribution in [0.3, 0.4) is 0 Å². The maximum Gasteiger partial charge on any atom is 0.438 e. The molecule has 1 N–H and O–H groups in total. The lowest BCUT2D eigenvalue weighted by atomic mass is 9.71. The van der Waals surface area contributed by atoms with Crippen LogP contribution in [-0.2, 0) is 27.4 Å². The standard InChI is InChI=1S/C53H54F2N10O6/c1-29-25-53(29,48-57-49(67)71-59-48)45-37(24-35-22-32(12-16-61(35)45)33-13-19-70-51(3,4)26-33)47(66)64-28-52(14-20-69-21-15-52)44-42(30(64)2)46(65(58-44)34-8-9-39(54)36(23-34)31-6-7-31)63-18-17-62(50(63)68)41-11-10-40-38(43(41)55)27-56-60(40)5/h8-12,16-18,22-24,27,29-31,33H,6-7,13-15,19-21,25-26,28H2,1-5H3,(H,57,59,67)/t29-,30-,33-,53+/m0/s1. The molecule has 9 heterocycles. The molecule has 6 aromatic heterocycles. The van der Waals surface area contributed by atoms with Crippen molar-refractivity contribution in [1.29, 1.82) is 0 Å². The molecule has 0 radical (unpaired) electrons. The van der Waals surface area contributed by atoms with Gasteiger partial charge in [-0.05, 0) is 143 Å². The van der Waals surface area contributed by atoms with Gasteiger partial charge in [-0.15, -0.1) is 0 Å². The molecule has 16 nitrogen and oxygen atoms in total. The van der Waals surface area contributed by atoms with Gasteiger partial charge in [0.25, 0.3) is 5.91 Å². The summed E-state index contributed by atoms with van der Waals surface area (Å²) in [6.07, 6.45) is 11.8. The number of benzene rings is 2. The zero-order chi connectivity index (χ0) is 48.9. The average molecular weight is 965 g/mol. The third-order valence-electron chi connectivity index (χ3n) is 16.6. The van der Waals surface area contributed by atoms with Gasteiger partial charge < -0.3 is 18.8 Å². The van der Waals surface area contributed by atoms with Gasteiger partial charge in [0.2, 0.25) is 0 Å². The van der Waals surface area contributed by atoms with E-state index in [1.807, 2.05) is 30.2 Å². The van der Waals surface area contributed by atoms with Gasteiger partial charge in [-0.2, -0.15) is 10.2 Å². The first-order chi connectivity index (χ1) is 34.2. The topological polar surface area (TPSA) is 165 Å². The lowest BCUT2D eigenvalue weighted by Crippen LogP contribution is -2.52. The highest BCUT2D eigenvalue weighted by atomic mass is 19.1. The molecule has 1 spiro atoms. The molecule has 0 unspecified atom stereocenters. The summed E-state index contributed by atoms with van der Waals surface area (Å²) in [5.74, 6) is -0.749. The predicted octanol–water partition coefficient (Wildman–Crippen LogP) is 8.05. The Morgan fingerprint density at radius 2 is 1.69 bits per heavy atom. The number of carbonyl (C=O) groups is 1. The van der Waals surface area contributed by atoms with Crippen molar-refractivity contribution in [3.8, 4) is 17.2 Å². The number of imidazole rings is 1. The molecule has 4 fully saturated rings. The molecular weight excluding hydrogens is 911 g/mol. The van der Waals surface area contributed by atoms with Crippen LogP contribution in [0.1, 0.15) is 135 Å². The van der Waals surface area contributed by atoms with Crippen LogP contribution in [0.4, 0.5) is 8.78 Å². The lowest BCUT2D eigenvalue weighted by molar-refractivity contribution is -0.0593. The Balaban J connectivity index is 1.01. The van der Waals surface area contributed by atoms with Crippen molar-refractivity contribution < 1.29 is 27.6 Å². The fraction of sp³-hybridized carbons (Fsp3) is 0.434. The van der Waals surface area contributed by atoms with Crippen LogP contribution in [0.5, 0.6) is 0 Å². The van der Waals surface area contributed by atoms with Crippen molar-refractivity contribution in [3.05, 3.63) is 145 Å². The number of rotatable bonds is 8. The molecule has 2 saturated carbocycles. The molecule has 13 rings (SSSR count). The SMILES string of the molecule is C[C@H]1c2c(nn(-c3ccc(F)c(C4CC4)c3)c2-n2ccn(-c3ccc4c(cnn4C)c3F)c2=O)C2(CCOCC2)CN1C(=O)c1cc2cc([C@H]3CCOC(C)(C)C3)ccn2c1[C@@]1(c2noc(=O)[nH]2)C[C@@H]1C. The number of pyridine rings is 1. The summed E-state index contributed by atoms with van der Waals surface area (Å²) in [7, 11) is 1.73. The molecular formula is C53H54F2N10O6. The first-order valence-electron chi connectivity index (χ1n) is 24.8. The molecule has 8 aromatic rings. The molecule has 0 bridgehead atoms. The van der Waals surface area contributed by atoms with Crippen LogP contribution < -0.4 is 11.4 Å². The van der Waals surface area contributed by atoms with E-state index in [2.05, 4.69) is 52.5 Å². The van der Waals surface area contributed by atoms with Crippen molar-refractivity contribution in [2.24, 2.45) is 13.0 Å². The summed E-state index contributed by atoms with van der Waals surface area (Å²) >= 11 is 0. The summed E-state index contributed by atoms with van der Waals surface area (Å²) in [6, 6.07) is 13.8. The van der Waals surface area contributed by atoms with Gasteiger partial charge in [0.05, 0.1) is 56.8 Å². The number of aromatic amines is 1. The molecule has 5 aliphatic rings. The van der Waals surface area contributed by atoms with E-state index in [4.69, 9.17) is 19.1 Å². The van der Waals surface area contributed by atoms with Crippen molar-refractivity contribution in [2.45, 2.75) is 107 Å². The van der Waals surface area contributed by atoms with Crippen LogP contribution in [0.2, 0.25) is 0 Å². The van der Waals surface area contributed by atoms with Gasteiger partial charge >= 0.3 is 11.4 Å². The third kappa shape index (κ3) is 6.65. The van der Waals surface area contributed by atoms with Crippen LogP contribution in [0, 0.1) is 17.6 Å². The fourth-order valence-corrected chi connectivity index (χ4v) is 12.5. The van der Waals surface area contributed by atoms with Crippen LogP contribution in [0.15, 0.2) is 87.4 Å². The fourth-order valence-electron chi connectivity index (χ4n) is 12.5.